The van der Waals surface area contributed by atoms with Crippen molar-refractivity contribution in [1.29, 1.82) is 0 Å². The zero-order valence-corrected chi connectivity index (χ0v) is 11.4. The second-order valence-electron chi connectivity index (χ2n) is 4.86. The normalized spacial score (nSPS) is 19.1. The second kappa shape index (κ2) is 5.91. The summed E-state index contributed by atoms with van der Waals surface area (Å²) in [5.74, 6) is -5.95. The highest BCUT2D eigenvalue weighted by Gasteiger charge is 2.53. The Bertz CT molecular complexity index is 521. The molecule has 1 aromatic rings. The fourth-order valence-corrected chi connectivity index (χ4v) is 2.49. The first kappa shape index (κ1) is 15.6. The zero-order valence-electron chi connectivity index (χ0n) is 11.4. The lowest BCUT2D eigenvalue weighted by Crippen LogP contribution is -2.47. The number of methoxy groups -OCH3 is 1. The number of carbonyl (C=O) groups is 1. The van der Waals surface area contributed by atoms with E-state index in [9.17, 15) is 22.4 Å². The van der Waals surface area contributed by atoms with Gasteiger partial charge in [-0.05, 0) is 30.5 Å². The summed E-state index contributed by atoms with van der Waals surface area (Å²) in [6.07, 6.45) is -3.05. The molecule has 0 aliphatic carbocycles. The molecule has 1 heterocycles. The van der Waals surface area contributed by atoms with E-state index in [1.54, 1.807) is 24.3 Å². The molecule has 1 aliphatic rings. The molecule has 0 bridgehead atoms. The summed E-state index contributed by atoms with van der Waals surface area (Å²) in [6.45, 7) is 0.0447. The van der Waals surface area contributed by atoms with Crippen LogP contribution in [0.25, 0.3) is 0 Å². The molecule has 7 heteroatoms. The van der Waals surface area contributed by atoms with Crippen molar-refractivity contribution in [3.8, 4) is 5.75 Å². The van der Waals surface area contributed by atoms with Gasteiger partial charge in [-0.3, -0.25) is 4.79 Å². The van der Waals surface area contributed by atoms with Gasteiger partial charge in [0.15, 0.2) is 0 Å². The summed E-state index contributed by atoms with van der Waals surface area (Å²) < 4.78 is 56.3. The monoisotopic (exact) mass is 305 g/mol. The van der Waals surface area contributed by atoms with E-state index < -0.39 is 24.3 Å². The minimum atomic E-state index is -4.65. The Balaban J connectivity index is 2.26. The maximum atomic E-state index is 13.3. The van der Waals surface area contributed by atoms with Crippen LogP contribution >= 0.6 is 0 Å². The highest BCUT2D eigenvalue weighted by molar-refractivity contribution is 5.84. The molecule has 3 nitrogen and oxygen atoms in total. The van der Waals surface area contributed by atoms with Crippen molar-refractivity contribution in [1.82, 2.24) is 4.90 Å². The Labute approximate surface area is 119 Å². The van der Waals surface area contributed by atoms with Crippen LogP contribution in [0.4, 0.5) is 17.6 Å². The van der Waals surface area contributed by atoms with Crippen LogP contribution < -0.4 is 4.74 Å². The van der Waals surface area contributed by atoms with Crippen LogP contribution in [0, 0.1) is 0 Å². The number of halogens is 4. The summed E-state index contributed by atoms with van der Waals surface area (Å²) in [5, 5.41) is 0. The van der Waals surface area contributed by atoms with Crippen molar-refractivity contribution < 1.29 is 27.1 Å². The summed E-state index contributed by atoms with van der Waals surface area (Å²) in [4.78, 5) is 12.5. The molecule has 0 N–H and O–H groups in total. The first-order valence-electron chi connectivity index (χ1n) is 6.49. The zero-order chi connectivity index (χ0) is 15.6. The van der Waals surface area contributed by atoms with Gasteiger partial charge in [-0.25, -0.2) is 8.78 Å². The molecule has 1 aliphatic heterocycles. The van der Waals surface area contributed by atoms with Crippen LogP contribution in [-0.2, 0) is 4.79 Å². The van der Waals surface area contributed by atoms with E-state index in [4.69, 9.17) is 4.74 Å². The standard InChI is InChI=1S/C14H15F4NO2/c1-21-10-5-2-4-9(8-10)11-6-3-7-19(11)13(20)14(17,18)12(15)16/h2,4-5,8,11-12H,3,6-7H2,1H3. The number of hydrogen-bond acceptors (Lipinski definition) is 2. The Morgan fingerprint density at radius 2 is 2.14 bits per heavy atom. The molecule has 0 spiro atoms. The van der Waals surface area contributed by atoms with Crippen LogP contribution in [0.1, 0.15) is 24.4 Å². The molecule has 1 aromatic carbocycles. The SMILES string of the molecule is COc1cccc(C2CCCN2C(=O)C(F)(F)C(F)F)c1. The molecule has 1 saturated heterocycles. The summed E-state index contributed by atoms with van der Waals surface area (Å²) in [7, 11) is 1.46. The molecule has 2 rings (SSSR count). The van der Waals surface area contributed by atoms with E-state index in [1.165, 1.54) is 7.11 Å². The van der Waals surface area contributed by atoms with Crippen LogP contribution in [0.3, 0.4) is 0 Å². The Morgan fingerprint density at radius 1 is 1.43 bits per heavy atom. The van der Waals surface area contributed by atoms with Gasteiger partial charge < -0.3 is 9.64 Å². The van der Waals surface area contributed by atoms with Crippen LogP contribution in [0.5, 0.6) is 5.75 Å². The van der Waals surface area contributed by atoms with Crippen molar-refractivity contribution in [2.75, 3.05) is 13.7 Å². The lowest BCUT2D eigenvalue weighted by molar-refractivity contribution is -0.181. The van der Waals surface area contributed by atoms with Gasteiger partial charge in [0.1, 0.15) is 5.75 Å². The largest absolute Gasteiger partial charge is 0.497 e. The Morgan fingerprint density at radius 3 is 2.76 bits per heavy atom. The molecule has 0 saturated carbocycles. The molecule has 0 aromatic heterocycles. The van der Waals surface area contributed by atoms with Crippen LogP contribution in [-0.4, -0.2) is 36.8 Å². The van der Waals surface area contributed by atoms with Crippen LogP contribution in [0.2, 0.25) is 0 Å². The van der Waals surface area contributed by atoms with E-state index in [-0.39, 0.29) is 6.54 Å². The van der Waals surface area contributed by atoms with Gasteiger partial charge >= 0.3 is 12.3 Å². The summed E-state index contributed by atoms with van der Waals surface area (Å²) >= 11 is 0. The van der Waals surface area contributed by atoms with Gasteiger partial charge in [-0.1, -0.05) is 12.1 Å². The minimum Gasteiger partial charge on any atom is -0.497 e. The number of rotatable bonds is 4. The Hall–Kier alpha value is -1.79. The van der Waals surface area contributed by atoms with Gasteiger partial charge in [-0.15, -0.1) is 0 Å². The Kier molecular flexibility index (Phi) is 4.39. The first-order valence-corrected chi connectivity index (χ1v) is 6.49. The lowest BCUT2D eigenvalue weighted by atomic mass is 10.0. The smallest absolute Gasteiger partial charge is 0.383 e. The highest BCUT2D eigenvalue weighted by atomic mass is 19.3. The van der Waals surface area contributed by atoms with Crippen molar-refractivity contribution in [3.05, 3.63) is 29.8 Å². The minimum absolute atomic E-state index is 0.0447. The number of likely N-dealkylation sites (tertiary alicyclic amines) is 1. The first-order chi connectivity index (χ1) is 9.87. The fourth-order valence-electron chi connectivity index (χ4n) is 2.49. The number of alkyl halides is 4. The van der Waals surface area contributed by atoms with E-state index >= 15 is 0 Å². The topological polar surface area (TPSA) is 29.5 Å². The number of carbonyl (C=O) groups excluding carboxylic acids is 1. The molecule has 1 fully saturated rings. The third-order valence-electron chi connectivity index (χ3n) is 3.55. The summed E-state index contributed by atoms with van der Waals surface area (Å²) in [6, 6.07) is 6.01. The highest BCUT2D eigenvalue weighted by Crippen LogP contribution is 2.37. The molecule has 1 atom stereocenters. The van der Waals surface area contributed by atoms with E-state index in [0.29, 0.717) is 24.2 Å². The number of benzene rings is 1. The maximum Gasteiger partial charge on any atom is 0.383 e. The van der Waals surface area contributed by atoms with Crippen molar-refractivity contribution >= 4 is 5.91 Å². The molecule has 1 unspecified atom stereocenters. The van der Waals surface area contributed by atoms with Crippen molar-refractivity contribution in [2.24, 2.45) is 0 Å². The van der Waals surface area contributed by atoms with Crippen LogP contribution in [0.15, 0.2) is 24.3 Å². The molecule has 116 valence electrons. The molecular weight excluding hydrogens is 290 g/mol. The predicted molar refractivity (Wildman–Crippen MR) is 67.6 cm³/mol. The molecule has 1 amide bonds. The van der Waals surface area contributed by atoms with Gasteiger partial charge in [-0.2, -0.15) is 8.78 Å². The van der Waals surface area contributed by atoms with Gasteiger partial charge in [0.2, 0.25) is 0 Å². The average molecular weight is 305 g/mol. The van der Waals surface area contributed by atoms with E-state index in [0.717, 1.165) is 4.90 Å². The van der Waals surface area contributed by atoms with E-state index in [2.05, 4.69) is 0 Å². The van der Waals surface area contributed by atoms with Gasteiger partial charge in [0.05, 0.1) is 13.2 Å². The molecule has 0 radical (unpaired) electrons. The average Bonchev–Trinajstić information content (AvgIpc) is 2.95. The number of hydrogen-bond donors (Lipinski definition) is 0. The third-order valence-corrected chi connectivity index (χ3v) is 3.55. The second-order valence-corrected chi connectivity index (χ2v) is 4.86. The molecular formula is C14H15F4NO2. The predicted octanol–water partition coefficient (Wildman–Crippen LogP) is 3.26. The van der Waals surface area contributed by atoms with E-state index in [1.807, 2.05) is 0 Å². The van der Waals surface area contributed by atoms with Gasteiger partial charge in [0, 0.05) is 6.54 Å². The number of ether oxygens (including phenoxy) is 1. The van der Waals surface area contributed by atoms with Crippen molar-refractivity contribution in [3.63, 3.8) is 0 Å². The summed E-state index contributed by atoms with van der Waals surface area (Å²) in [5.41, 5.74) is 0.602. The lowest BCUT2D eigenvalue weighted by Gasteiger charge is -2.28. The third kappa shape index (κ3) is 2.96. The number of nitrogens with zero attached hydrogens (tertiary/aromatic N) is 1. The van der Waals surface area contributed by atoms with Crippen molar-refractivity contribution in [2.45, 2.75) is 31.2 Å². The van der Waals surface area contributed by atoms with Gasteiger partial charge in [0.25, 0.3) is 5.91 Å². The molecule has 21 heavy (non-hydrogen) atoms. The maximum absolute atomic E-state index is 13.3. The number of amides is 1. The fraction of sp³-hybridized carbons (Fsp3) is 0.500. The quantitative estimate of drug-likeness (QED) is 0.799.